The Balaban J connectivity index is 2.24. The van der Waals surface area contributed by atoms with E-state index in [1.54, 1.807) is 0 Å². The van der Waals surface area contributed by atoms with Crippen molar-refractivity contribution in [3.8, 4) is 0 Å². The van der Waals surface area contributed by atoms with Gasteiger partial charge in [-0.25, -0.2) is 0 Å². The lowest BCUT2D eigenvalue weighted by Crippen LogP contribution is -2.23. The van der Waals surface area contributed by atoms with Crippen LogP contribution in [0.3, 0.4) is 0 Å². The number of hydrogen-bond donors (Lipinski definition) is 0. The van der Waals surface area contributed by atoms with Gasteiger partial charge in [-0.1, -0.05) is 13.8 Å². The van der Waals surface area contributed by atoms with Gasteiger partial charge in [-0.3, -0.25) is 4.79 Å². The standard InChI is InChI=1S/C9H14O/c1-5-6(2)8-3-7(5)4-9(8)10/h5-8H,3-4H2,1-2H3/t5-,6+,7?,8?/m1/s1. The van der Waals surface area contributed by atoms with Gasteiger partial charge in [0.15, 0.2) is 0 Å². The van der Waals surface area contributed by atoms with Crippen molar-refractivity contribution < 1.29 is 4.79 Å². The maximum Gasteiger partial charge on any atom is 0.136 e. The van der Waals surface area contributed by atoms with Crippen molar-refractivity contribution in [1.82, 2.24) is 0 Å². The smallest absolute Gasteiger partial charge is 0.136 e. The Morgan fingerprint density at radius 3 is 2.40 bits per heavy atom. The van der Waals surface area contributed by atoms with Crippen LogP contribution < -0.4 is 0 Å². The van der Waals surface area contributed by atoms with Crippen molar-refractivity contribution in [2.75, 3.05) is 0 Å². The van der Waals surface area contributed by atoms with Crippen LogP contribution in [0.25, 0.3) is 0 Å². The van der Waals surface area contributed by atoms with E-state index in [4.69, 9.17) is 0 Å². The summed E-state index contributed by atoms with van der Waals surface area (Å²) in [5.41, 5.74) is 0. The minimum absolute atomic E-state index is 0.444. The molecule has 2 saturated carbocycles. The Kier molecular flexibility index (Phi) is 1.17. The highest BCUT2D eigenvalue weighted by atomic mass is 16.1. The summed E-state index contributed by atoms with van der Waals surface area (Å²) in [6, 6.07) is 0. The third-order valence-corrected chi connectivity index (χ3v) is 3.64. The fraction of sp³-hybridized carbons (Fsp3) is 0.889. The van der Waals surface area contributed by atoms with E-state index >= 15 is 0 Å². The summed E-state index contributed by atoms with van der Waals surface area (Å²) in [6.45, 7) is 4.52. The summed E-state index contributed by atoms with van der Waals surface area (Å²) >= 11 is 0. The number of carbonyl (C=O) groups is 1. The topological polar surface area (TPSA) is 17.1 Å². The van der Waals surface area contributed by atoms with Crippen LogP contribution in [0.5, 0.6) is 0 Å². The molecule has 2 bridgehead atoms. The largest absolute Gasteiger partial charge is 0.299 e. The first-order valence-corrected chi connectivity index (χ1v) is 4.23. The highest BCUT2D eigenvalue weighted by Crippen LogP contribution is 2.49. The second-order valence-corrected chi connectivity index (χ2v) is 3.99. The minimum atomic E-state index is 0.444. The van der Waals surface area contributed by atoms with Crippen LogP contribution in [0.1, 0.15) is 26.7 Å². The molecule has 0 heterocycles. The van der Waals surface area contributed by atoms with Crippen LogP contribution in [0, 0.1) is 23.7 Å². The first-order valence-electron chi connectivity index (χ1n) is 4.23. The summed E-state index contributed by atoms with van der Waals surface area (Å²) in [4.78, 5) is 11.2. The Bertz CT molecular complexity index is 172. The van der Waals surface area contributed by atoms with E-state index in [1.165, 1.54) is 6.42 Å². The van der Waals surface area contributed by atoms with Crippen LogP contribution in [0.2, 0.25) is 0 Å². The van der Waals surface area contributed by atoms with E-state index in [1.807, 2.05) is 0 Å². The zero-order chi connectivity index (χ0) is 7.30. The van der Waals surface area contributed by atoms with Crippen LogP contribution in [0.15, 0.2) is 0 Å². The number of ketones is 1. The first-order chi connectivity index (χ1) is 4.70. The molecule has 0 amide bonds. The zero-order valence-electron chi connectivity index (χ0n) is 6.63. The molecule has 0 aromatic rings. The molecule has 10 heavy (non-hydrogen) atoms. The third kappa shape index (κ3) is 0.609. The molecule has 2 aliphatic rings. The zero-order valence-corrected chi connectivity index (χ0v) is 6.63. The van der Waals surface area contributed by atoms with E-state index in [0.717, 1.165) is 18.3 Å². The number of fused-ring (bicyclic) bond motifs is 2. The molecule has 0 radical (unpaired) electrons. The summed E-state index contributed by atoms with van der Waals surface area (Å²) < 4.78 is 0. The molecule has 2 unspecified atom stereocenters. The van der Waals surface area contributed by atoms with Crippen molar-refractivity contribution in [2.45, 2.75) is 26.7 Å². The minimum Gasteiger partial charge on any atom is -0.299 e. The molecule has 0 N–H and O–H groups in total. The molecule has 1 nitrogen and oxygen atoms in total. The Morgan fingerprint density at radius 1 is 1.30 bits per heavy atom. The molecule has 0 aliphatic heterocycles. The van der Waals surface area contributed by atoms with Crippen molar-refractivity contribution in [3.05, 3.63) is 0 Å². The van der Waals surface area contributed by atoms with Crippen molar-refractivity contribution in [1.29, 1.82) is 0 Å². The molecule has 1 heteroatoms. The molecule has 0 spiro atoms. The van der Waals surface area contributed by atoms with Crippen LogP contribution in [0.4, 0.5) is 0 Å². The van der Waals surface area contributed by atoms with E-state index in [-0.39, 0.29) is 0 Å². The number of rotatable bonds is 0. The van der Waals surface area contributed by atoms with Gasteiger partial charge >= 0.3 is 0 Å². The summed E-state index contributed by atoms with van der Waals surface area (Å²) in [5.74, 6) is 3.21. The maximum absolute atomic E-state index is 11.2. The predicted molar refractivity (Wildman–Crippen MR) is 39.5 cm³/mol. The van der Waals surface area contributed by atoms with Gasteiger partial charge < -0.3 is 0 Å². The third-order valence-electron chi connectivity index (χ3n) is 3.64. The molecular weight excluding hydrogens is 124 g/mol. The monoisotopic (exact) mass is 138 g/mol. The molecule has 2 rings (SSSR count). The molecule has 56 valence electrons. The van der Waals surface area contributed by atoms with Crippen molar-refractivity contribution >= 4 is 5.78 Å². The second kappa shape index (κ2) is 1.84. The Labute approximate surface area is 61.8 Å². The SMILES string of the molecule is C[C@@H]1C2CC(CC2=O)[C@@H]1C. The predicted octanol–water partition coefficient (Wildman–Crippen LogP) is 1.87. The molecule has 0 aromatic carbocycles. The highest BCUT2D eigenvalue weighted by molar-refractivity contribution is 5.84. The first kappa shape index (κ1) is 6.38. The van der Waals surface area contributed by atoms with Gasteiger partial charge in [0, 0.05) is 12.3 Å². The summed E-state index contributed by atoms with van der Waals surface area (Å²) in [5, 5.41) is 0. The highest BCUT2D eigenvalue weighted by Gasteiger charge is 2.47. The van der Waals surface area contributed by atoms with Gasteiger partial charge in [0.1, 0.15) is 5.78 Å². The van der Waals surface area contributed by atoms with Crippen molar-refractivity contribution in [3.63, 3.8) is 0 Å². The van der Waals surface area contributed by atoms with Crippen LogP contribution >= 0.6 is 0 Å². The van der Waals surface area contributed by atoms with E-state index in [0.29, 0.717) is 17.6 Å². The lowest BCUT2D eigenvalue weighted by atomic mass is 9.81. The Hall–Kier alpha value is -0.330. The van der Waals surface area contributed by atoms with Gasteiger partial charge in [0.05, 0.1) is 0 Å². The van der Waals surface area contributed by atoms with E-state index in [9.17, 15) is 4.79 Å². The van der Waals surface area contributed by atoms with Gasteiger partial charge in [-0.05, 0) is 24.2 Å². The second-order valence-electron chi connectivity index (χ2n) is 3.99. The molecule has 2 aliphatic carbocycles. The molecular formula is C9H14O. The summed E-state index contributed by atoms with van der Waals surface area (Å²) in [6.07, 6.45) is 2.08. The maximum atomic E-state index is 11.2. The number of Topliss-reactive ketones (excluding diaryl/α,β-unsaturated/α-hetero) is 1. The van der Waals surface area contributed by atoms with Gasteiger partial charge in [0.25, 0.3) is 0 Å². The lowest BCUT2D eigenvalue weighted by molar-refractivity contribution is -0.123. The molecule has 0 saturated heterocycles. The average Bonchev–Trinajstić information content (AvgIpc) is 2.36. The molecule has 4 atom stereocenters. The molecule has 0 aromatic heterocycles. The Morgan fingerprint density at radius 2 is 2.00 bits per heavy atom. The molecule has 2 fully saturated rings. The normalized spacial score (nSPS) is 52.4. The van der Waals surface area contributed by atoms with Gasteiger partial charge in [0.2, 0.25) is 0 Å². The van der Waals surface area contributed by atoms with E-state index in [2.05, 4.69) is 13.8 Å². The fourth-order valence-electron chi connectivity index (χ4n) is 2.65. The van der Waals surface area contributed by atoms with E-state index < -0.39 is 0 Å². The summed E-state index contributed by atoms with van der Waals surface area (Å²) in [7, 11) is 0. The number of carbonyl (C=O) groups excluding carboxylic acids is 1. The van der Waals surface area contributed by atoms with Crippen molar-refractivity contribution in [2.24, 2.45) is 23.7 Å². The average molecular weight is 138 g/mol. The number of hydrogen-bond acceptors (Lipinski definition) is 1. The quantitative estimate of drug-likeness (QED) is 0.499. The van der Waals surface area contributed by atoms with Crippen LogP contribution in [-0.2, 0) is 4.79 Å². The fourth-order valence-corrected chi connectivity index (χ4v) is 2.65. The lowest BCUT2D eigenvalue weighted by Gasteiger charge is -2.23. The van der Waals surface area contributed by atoms with Crippen LogP contribution in [-0.4, -0.2) is 5.78 Å². The van der Waals surface area contributed by atoms with Gasteiger partial charge in [-0.2, -0.15) is 0 Å². The van der Waals surface area contributed by atoms with Gasteiger partial charge in [-0.15, -0.1) is 0 Å².